The van der Waals surface area contributed by atoms with Crippen LogP contribution in [0.5, 0.6) is 0 Å². The molecule has 4 N–H and O–H groups in total. The van der Waals surface area contributed by atoms with Crippen LogP contribution < -0.4 is 15.8 Å². The van der Waals surface area contributed by atoms with Crippen molar-refractivity contribution in [1.82, 2.24) is 10.2 Å². The second-order valence-corrected chi connectivity index (χ2v) is 10.9. The van der Waals surface area contributed by atoms with Crippen LogP contribution in [0.25, 0.3) is 0 Å². The van der Waals surface area contributed by atoms with E-state index in [1.54, 1.807) is 13.8 Å². The van der Waals surface area contributed by atoms with Crippen molar-refractivity contribution < 1.29 is 13.2 Å². The highest BCUT2D eigenvalue weighted by molar-refractivity contribution is 8.01. The number of hydrogen-bond donors (Lipinski definition) is 3. The maximum atomic E-state index is 12.4. The fourth-order valence-corrected chi connectivity index (χ4v) is 4.89. The van der Waals surface area contributed by atoms with Crippen molar-refractivity contribution in [2.24, 2.45) is 5.14 Å². The molecule has 3 aromatic rings. The molecule has 0 aliphatic rings. The monoisotopic (exact) mass is 477 g/mol. The van der Waals surface area contributed by atoms with Crippen LogP contribution in [0.2, 0.25) is 0 Å². The highest BCUT2D eigenvalue weighted by atomic mass is 32.2. The molecular formula is C20H23N5O3S3. The average Bonchev–Trinajstić information content (AvgIpc) is 3.13. The zero-order valence-corrected chi connectivity index (χ0v) is 20.0. The predicted molar refractivity (Wildman–Crippen MR) is 126 cm³/mol. The quantitative estimate of drug-likeness (QED) is 0.441. The van der Waals surface area contributed by atoms with E-state index in [1.807, 2.05) is 25.1 Å². The normalized spacial score (nSPS) is 11.4. The second kappa shape index (κ2) is 9.35. The van der Waals surface area contributed by atoms with Crippen LogP contribution in [0, 0.1) is 27.7 Å². The first-order chi connectivity index (χ1) is 14.5. The number of aryl methyl sites for hydroxylation is 3. The first kappa shape index (κ1) is 23.2. The van der Waals surface area contributed by atoms with Crippen molar-refractivity contribution in [2.75, 3.05) is 16.4 Å². The number of nitrogens with one attached hydrogen (secondary N) is 2. The lowest BCUT2D eigenvalue weighted by atomic mass is 10.1. The van der Waals surface area contributed by atoms with Crippen LogP contribution in [0.3, 0.4) is 0 Å². The minimum Gasteiger partial charge on any atom is -0.330 e. The molecule has 0 atom stereocenters. The summed E-state index contributed by atoms with van der Waals surface area (Å²) in [5.74, 6) is -0.172. The number of carbonyl (C=O) groups is 1. The molecule has 0 spiro atoms. The lowest BCUT2D eigenvalue weighted by molar-refractivity contribution is -0.113. The number of amides is 1. The van der Waals surface area contributed by atoms with Crippen molar-refractivity contribution in [3.8, 4) is 0 Å². The highest BCUT2D eigenvalue weighted by Crippen LogP contribution is 2.29. The number of anilines is 3. The summed E-state index contributed by atoms with van der Waals surface area (Å²) in [6.07, 6.45) is 0. The van der Waals surface area contributed by atoms with Gasteiger partial charge in [0, 0.05) is 11.4 Å². The Labute approximate surface area is 189 Å². The van der Waals surface area contributed by atoms with Gasteiger partial charge in [-0.15, -0.1) is 10.2 Å². The van der Waals surface area contributed by atoms with Crippen molar-refractivity contribution in [3.05, 3.63) is 52.6 Å². The topological polar surface area (TPSA) is 127 Å². The molecule has 0 bridgehead atoms. The molecule has 0 saturated carbocycles. The van der Waals surface area contributed by atoms with Gasteiger partial charge in [-0.2, -0.15) is 0 Å². The number of carbonyl (C=O) groups excluding carboxylic acids is 1. The maximum Gasteiger partial charge on any atom is 0.238 e. The number of sulfonamides is 1. The van der Waals surface area contributed by atoms with E-state index < -0.39 is 10.0 Å². The number of nitrogens with two attached hydrogens (primary N) is 1. The third-order valence-corrected chi connectivity index (χ3v) is 7.60. The van der Waals surface area contributed by atoms with E-state index in [2.05, 4.69) is 27.8 Å². The number of nitrogens with zero attached hydrogens (tertiary/aromatic N) is 2. The Bertz CT molecular complexity index is 1240. The molecule has 0 radical (unpaired) electrons. The second-order valence-electron chi connectivity index (χ2n) is 7.09. The van der Waals surface area contributed by atoms with Crippen LogP contribution in [0.15, 0.2) is 39.6 Å². The molecule has 1 heterocycles. The molecule has 0 aliphatic heterocycles. The lowest BCUT2D eigenvalue weighted by Crippen LogP contribution is -2.17. The molecule has 0 fully saturated rings. The van der Waals surface area contributed by atoms with Gasteiger partial charge in [0.25, 0.3) is 0 Å². The fraction of sp³-hybridized carbons (Fsp3) is 0.250. The number of primary sulfonamides is 1. The van der Waals surface area contributed by atoms with E-state index in [0.29, 0.717) is 15.2 Å². The first-order valence-electron chi connectivity index (χ1n) is 9.27. The van der Waals surface area contributed by atoms with E-state index in [0.717, 1.165) is 16.8 Å². The molecular weight excluding hydrogens is 454 g/mol. The molecule has 3 rings (SSSR count). The molecule has 1 amide bonds. The molecule has 31 heavy (non-hydrogen) atoms. The Morgan fingerprint density at radius 1 is 1.06 bits per heavy atom. The summed E-state index contributed by atoms with van der Waals surface area (Å²) in [6, 6.07) is 8.91. The van der Waals surface area contributed by atoms with Crippen molar-refractivity contribution in [2.45, 2.75) is 36.9 Å². The van der Waals surface area contributed by atoms with Gasteiger partial charge in [0.05, 0.1) is 10.6 Å². The Morgan fingerprint density at radius 3 is 2.48 bits per heavy atom. The standard InChI is InChI=1S/C20H23N5O3S3/c1-11-5-6-15(7-12(11)2)22-19-24-25-20(30-19)29-10-18(26)23-17-9-16(31(21,27)28)8-13(3)14(17)4/h5-9H,10H2,1-4H3,(H,22,24)(H,23,26)(H2,21,27,28). The highest BCUT2D eigenvalue weighted by Gasteiger charge is 2.15. The fourth-order valence-electron chi connectivity index (χ4n) is 2.70. The van der Waals surface area contributed by atoms with E-state index in [1.165, 1.54) is 46.4 Å². The Hall–Kier alpha value is -2.47. The van der Waals surface area contributed by atoms with Gasteiger partial charge in [0.1, 0.15) is 0 Å². The van der Waals surface area contributed by atoms with Gasteiger partial charge < -0.3 is 10.6 Å². The molecule has 164 valence electrons. The number of rotatable bonds is 7. The van der Waals surface area contributed by atoms with E-state index in [-0.39, 0.29) is 16.6 Å². The van der Waals surface area contributed by atoms with Crippen LogP contribution in [0.4, 0.5) is 16.5 Å². The third kappa shape index (κ3) is 6.03. The molecule has 0 unspecified atom stereocenters. The van der Waals surface area contributed by atoms with Gasteiger partial charge >= 0.3 is 0 Å². The molecule has 0 saturated heterocycles. The SMILES string of the molecule is Cc1ccc(Nc2nnc(SCC(=O)Nc3cc(S(N)(=O)=O)cc(C)c3C)s2)cc1C. The van der Waals surface area contributed by atoms with Crippen molar-refractivity contribution in [1.29, 1.82) is 0 Å². The third-order valence-electron chi connectivity index (χ3n) is 4.73. The lowest BCUT2D eigenvalue weighted by Gasteiger charge is -2.12. The summed E-state index contributed by atoms with van der Waals surface area (Å²) in [6.45, 7) is 7.67. The van der Waals surface area contributed by atoms with E-state index in [9.17, 15) is 13.2 Å². The van der Waals surface area contributed by atoms with Gasteiger partial charge in [0.15, 0.2) is 4.34 Å². The maximum absolute atomic E-state index is 12.4. The minimum absolute atomic E-state index is 0.0373. The summed E-state index contributed by atoms with van der Waals surface area (Å²) in [7, 11) is -3.86. The van der Waals surface area contributed by atoms with E-state index in [4.69, 9.17) is 5.14 Å². The van der Waals surface area contributed by atoms with Crippen LogP contribution >= 0.6 is 23.1 Å². The van der Waals surface area contributed by atoms with Crippen molar-refractivity contribution >= 4 is 55.5 Å². The smallest absolute Gasteiger partial charge is 0.238 e. The summed E-state index contributed by atoms with van der Waals surface area (Å²) in [5.41, 5.74) is 5.24. The molecule has 11 heteroatoms. The summed E-state index contributed by atoms with van der Waals surface area (Å²) in [4.78, 5) is 12.4. The summed E-state index contributed by atoms with van der Waals surface area (Å²) in [5, 5.41) is 20.0. The minimum atomic E-state index is -3.86. The Morgan fingerprint density at radius 2 is 1.81 bits per heavy atom. The predicted octanol–water partition coefficient (Wildman–Crippen LogP) is 3.89. The summed E-state index contributed by atoms with van der Waals surface area (Å²) < 4.78 is 24.0. The van der Waals surface area contributed by atoms with Crippen LogP contribution in [-0.4, -0.2) is 30.3 Å². The van der Waals surface area contributed by atoms with Crippen LogP contribution in [-0.2, 0) is 14.8 Å². The zero-order valence-electron chi connectivity index (χ0n) is 17.5. The molecule has 1 aromatic heterocycles. The van der Waals surface area contributed by atoms with Gasteiger partial charge in [-0.05, 0) is 74.2 Å². The largest absolute Gasteiger partial charge is 0.330 e. The first-order valence-corrected chi connectivity index (χ1v) is 12.6. The van der Waals surface area contributed by atoms with Gasteiger partial charge in [0.2, 0.25) is 21.1 Å². The van der Waals surface area contributed by atoms with E-state index >= 15 is 0 Å². The van der Waals surface area contributed by atoms with Crippen molar-refractivity contribution in [3.63, 3.8) is 0 Å². The average molecular weight is 478 g/mol. The number of aromatic nitrogens is 2. The molecule has 8 nitrogen and oxygen atoms in total. The molecule has 0 aliphatic carbocycles. The summed E-state index contributed by atoms with van der Waals surface area (Å²) >= 11 is 2.61. The molecule has 2 aromatic carbocycles. The van der Waals surface area contributed by atoms with Gasteiger partial charge in [-0.25, -0.2) is 13.6 Å². The Balaban J connectivity index is 1.62. The Kier molecular flexibility index (Phi) is 6.99. The number of hydrogen-bond acceptors (Lipinski definition) is 8. The van der Waals surface area contributed by atoms with Gasteiger partial charge in [-0.3, -0.25) is 4.79 Å². The van der Waals surface area contributed by atoms with Gasteiger partial charge in [-0.1, -0.05) is 29.2 Å². The zero-order chi connectivity index (χ0) is 22.8. The van der Waals surface area contributed by atoms with Crippen LogP contribution in [0.1, 0.15) is 22.3 Å². The number of thioether (sulfide) groups is 1. The number of benzene rings is 2.